The van der Waals surface area contributed by atoms with Crippen LogP contribution in [0.5, 0.6) is 0 Å². The van der Waals surface area contributed by atoms with Crippen LogP contribution in [-0.2, 0) is 20.5 Å². The molecule has 222 valence electrons. The van der Waals surface area contributed by atoms with Gasteiger partial charge in [-0.25, -0.2) is 18.4 Å². The van der Waals surface area contributed by atoms with Gasteiger partial charge in [-0.2, -0.15) is 13.2 Å². The number of aliphatic carboxylic acids is 1. The molecule has 0 fully saturated rings. The lowest BCUT2D eigenvalue weighted by Crippen LogP contribution is -2.35. The Hall–Kier alpha value is -4.26. The summed E-state index contributed by atoms with van der Waals surface area (Å²) < 4.78 is 76.4. The van der Waals surface area contributed by atoms with E-state index in [1.54, 1.807) is 12.1 Å². The number of amides is 2. The number of hydrogen-bond donors (Lipinski definition) is 2. The number of imide groups is 1. The van der Waals surface area contributed by atoms with Crippen LogP contribution in [0.15, 0.2) is 58.9 Å². The lowest BCUT2D eigenvalue weighted by molar-refractivity contribution is -0.140. The third-order valence-corrected chi connectivity index (χ3v) is 7.26. The molecule has 2 aromatic carbocycles. The topological polar surface area (TPSA) is 113 Å². The molecule has 0 aliphatic carbocycles. The van der Waals surface area contributed by atoms with E-state index in [2.05, 4.69) is 10.1 Å². The Morgan fingerprint density at radius 3 is 2.17 bits per heavy atom. The van der Waals surface area contributed by atoms with Crippen LogP contribution in [0.1, 0.15) is 57.0 Å². The number of rotatable bonds is 9. The predicted octanol–water partition coefficient (Wildman–Crippen LogP) is 5.39. The zero-order valence-corrected chi connectivity index (χ0v) is 22.5. The molecule has 2 heterocycles. The van der Waals surface area contributed by atoms with Gasteiger partial charge in [0.2, 0.25) is 0 Å². The monoisotopic (exact) mass is 612 g/mol. The zero-order valence-electron chi connectivity index (χ0n) is 21.8. The number of carbonyl (C=O) groups excluding carboxylic acids is 3. The van der Waals surface area contributed by atoms with Crippen molar-refractivity contribution in [1.82, 2.24) is 10.2 Å². The van der Waals surface area contributed by atoms with Crippen molar-refractivity contribution in [2.24, 2.45) is 0 Å². The molecule has 2 aliphatic heterocycles. The number of nitrogens with zero attached hydrogens (tertiary/aromatic N) is 1. The molecule has 0 radical (unpaired) electrons. The van der Waals surface area contributed by atoms with E-state index in [-0.39, 0.29) is 42.6 Å². The number of hydrogen-bond acceptors (Lipinski definition) is 6. The highest BCUT2D eigenvalue weighted by molar-refractivity contribution is 6.31. The van der Waals surface area contributed by atoms with Gasteiger partial charge in [0, 0.05) is 17.8 Å². The first-order valence-corrected chi connectivity index (χ1v) is 12.8. The maximum absolute atomic E-state index is 15.2. The molecule has 0 spiro atoms. The first kappa shape index (κ1) is 30.7. The van der Waals surface area contributed by atoms with E-state index < -0.39 is 81.3 Å². The van der Waals surface area contributed by atoms with Crippen LogP contribution < -0.4 is 5.32 Å². The normalized spacial score (nSPS) is 17.0. The Bertz CT molecular complexity index is 1520. The van der Waals surface area contributed by atoms with E-state index in [9.17, 15) is 41.8 Å². The van der Waals surface area contributed by atoms with Crippen LogP contribution in [0.25, 0.3) is 0 Å². The van der Waals surface area contributed by atoms with Crippen LogP contribution in [0.2, 0.25) is 5.02 Å². The Balaban J connectivity index is 1.73. The number of benzene rings is 2. The number of esters is 1. The number of allylic oxidation sites excluding steroid dienone is 2. The number of methoxy groups -OCH3 is 1. The molecular formula is C28H22ClF5N2O6. The molecule has 4 rings (SSSR count). The van der Waals surface area contributed by atoms with Gasteiger partial charge in [0.15, 0.2) is 0 Å². The van der Waals surface area contributed by atoms with Crippen LogP contribution in [-0.4, -0.2) is 54.1 Å². The first-order valence-electron chi connectivity index (χ1n) is 12.4. The molecule has 8 nitrogen and oxygen atoms in total. The molecule has 0 aromatic heterocycles. The van der Waals surface area contributed by atoms with Gasteiger partial charge in [-0.05, 0) is 43.5 Å². The number of halogens is 6. The Morgan fingerprint density at radius 1 is 1.02 bits per heavy atom. The molecule has 42 heavy (non-hydrogen) atoms. The summed E-state index contributed by atoms with van der Waals surface area (Å²) in [6, 6.07) is 7.42. The number of dihydropyridines is 1. The van der Waals surface area contributed by atoms with E-state index in [4.69, 9.17) is 11.6 Å². The SMILES string of the molecule is COC(=O)C1=C(CF)NC(CCCCN2C(=O)c3ccccc3C2=O)=C(C(=O)O)C1c1c(F)ccc(Cl)c1C(F)(F)F. The third kappa shape index (κ3) is 5.48. The summed E-state index contributed by atoms with van der Waals surface area (Å²) in [5, 5.41) is 11.6. The van der Waals surface area contributed by atoms with E-state index in [0.29, 0.717) is 12.1 Å². The summed E-state index contributed by atoms with van der Waals surface area (Å²) >= 11 is 5.79. The number of carboxylic acid groups (broad SMARTS) is 1. The van der Waals surface area contributed by atoms with Gasteiger partial charge in [0.25, 0.3) is 11.8 Å². The predicted molar refractivity (Wildman–Crippen MR) is 138 cm³/mol. The molecule has 2 N–H and O–H groups in total. The quantitative estimate of drug-likeness (QED) is 0.169. The average Bonchev–Trinajstić information content (AvgIpc) is 3.19. The van der Waals surface area contributed by atoms with Crippen LogP contribution in [0.4, 0.5) is 22.0 Å². The van der Waals surface area contributed by atoms with Crippen molar-refractivity contribution in [2.75, 3.05) is 20.3 Å². The fourth-order valence-corrected chi connectivity index (χ4v) is 5.43. The maximum atomic E-state index is 15.2. The maximum Gasteiger partial charge on any atom is 0.418 e. The number of nitrogens with one attached hydrogen (secondary N) is 1. The number of ether oxygens (including phenoxy) is 1. The van der Waals surface area contributed by atoms with Gasteiger partial charge >= 0.3 is 18.1 Å². The highest BCUT2D eigenvalue weighted by Crippen LogP contribution is 2.48. The van der Waals surface area contributed by atoms with Crippen molar-refractivity contribution in [1.29, 1.82) is 0 Å². The largest absolute Gasteiger partial charge is 0.478 e. The molecule has 0 saturated heterocycles. The van der Waals surface area contributed by atoms with Gasteiger partial charge < -0.3 is 15.2 Å². The lowest BCUT2D eigenvalue weighted by Gasteiger charge is -2.32. The van der Waals surface area contributed by atoms with E-state index in [1.165, 1.54) is 12.1 Å². The lowest BCUT2D eigenvalue weighted by atomic mass is 9.77. The van der Waals surface area contributed by atoms with Crippen LogP contribution in [0, 0.1) is 5.82 Å². The van der Waals surface area contributed by atoms with Gasteiger partial charge in [-0.3, -0.25) is 14.5 Å². The first-order chi connectivity index (χ1) is 19.8. The van der Waals surface area contributed by atoms with Crippen LogP contribution >= 0.6 is 11.6 Å². The number of fused-ring (bicyclic) bond motifs is 1. The number of alkyl halides is 4. The van der Waals surface area contributed by atoms with Crippen LogP contribution in [0.3, 0.4) is 0 Å². The standard InChI is InChI=1S/C28H22ClF5N2O6/c1-42-27(41)21-18(12-30)35-17(8-4-5-11-36-24(37)13-6-2-3-7-14(13)25(36)38)20(26(39)40)22(21)19-16(31)10-9-15(29)23(19)28(32,33)34/h2-3,6-7,9-10,22,35H,4-5,8,11-12H2,1H3,(H,39,40). The fourth-order valence-electron chi connectivity index (χ4n) is 5.16. The summed E-state index contributed by atoms with van der Waals surface area (Å²) in [5.74, 6) is -7.99. The molecule has 14 heteroatoms. The van der Waals surface area contributed by atoms with E-state index in [1.807, 2.05) is 0 Å². The molecule has 2 aromatic rings. The molecule has 1 atom stereocenters. The van der Waals surface area contributed by atoms with Crippen molar-refractivity contribution < 1.29 is 51.0 Å². The number of unbranched alkanes of at least 4 members (excludes halogenated alkanes) is 1. The molecule has 1 unspecified atom stereocenters. The average molecular weight is 613 g/mol. The highest BCUT2D eigenvalue weighted by Gasteiger charge is 2.46. The van der Waals surface area contributed by atoms with Crippen molar-refractivity contribution in [3.63, 3.8) is 0 Å². The zero-order chi connectivity index (χ0) is 30.9. The van der Waals surface area contributed by atoms with Gasteiger partial charge in [0.05, 0.1) is 51.6 Å². The Labute approximate surface area is 240 Å². The van der Waals surface area contributed by atoms with E-state index >= 15 is 4.39 Å². The third-order valence-electron chi connectivity index (χ3n) is 6.95. The summed E-state index contributed by atoms with van der Waals surface area (Å²) in [4.78, 5) is 51.4. The summed E-state index contributed by atoms with van der Waals surface area (Å²) in [7, 11) is 0.847. The fraction of sp³-hybridized carbons (Fsp3) is 0.286. The van der Waals surface area contributed by atoms with Crippen molar-refractivity contribution in [2.45, 2.75) is 31.4 Å². The summed E-state index contributed by atoms with van der Waals surface area (Å²) in [5.41, 5.74) is -5.15. The van der Waals surface area contributed by atoms with Crippen molar-refractivity contribution in [3.8, 4) is 0 Å². The minimum Gasteiger partial charge on any atom is -0.478 e. The Morgan fingerprint density at radius 2 is 1.64 bits per heavy atom. The Kier molecular flexibility index (Phi) is 8.71. The second kappa shape index (κ2) is 11.9. The van der Waals surface area contributed by atoms with Gasteiger partial charge in [0.1, 0.15) is 12.5 Å². The highest BCUT2D eigenvalue weighted by atomic mass is 35.5. The van der Waals surface area contributed by atoms with Crippen molar-refractivity contribution in [3.05, 3.63) is 92.0 Å². The molecule has 2 aliphatic rings. The van der Waals surface area contributed by atoms with Gasteiger partial charge in [-0.1, -0.05) is 23.7 Å². The molecule has 0 saturated carbocycles. The molecule has 0 bridgehead atoms. The molecule has 2 amide bonds. The summed E-state index contributed by atoms with van der Waals surface area (Å²) in [6.45, 7) is -1.53. The summed E-state index contributed by atoms with van der Waals surface area (Å²) in [6.07, 6.45) is -5.32. The second-order valence-electron chi connectivity index (χ2n) is 9.35. The van der Waals surface area contributed by atoms with Crippen molar-refractivity contribution >= 4 is 35.4 Å². The smallest absolute Gasteiger partial charge is 0.418 e. The van der Waals surface area contributed by atoms with E-state index in [0.717, 1.165) is 12.0 Å². The second-order valence-corrected chi connectivity index (χ2v) is 9.76. The minimum atomic E-state index is -5.29. The molecular weight excluding hydrogens is 591 g/mol. The number of carboxylic acids is 1. The number of carbonyl (C=O) groups is 4. The van der Waals surface area contributed by atoms with Gasteiger partial charge in [-0.15, -0.1) is 0 Å². The minimum absolute atomic E-state index is 0.0637.